The number of likely N-dealkylation sites (tertiary alicyclic amines) is 1. The molecule has 0 saturated carbocycles. The first kappa shape index (κ1) is 27.2. The number of aromatic nitrogens is 4. The molecule has 4 heterocycles. The summed E-state index contributed by atoms with van der Waals surface area (Å²) in [5.41, 5.74) is 3.91. The average Bonchev–Trinajstić information content (AvgIpc) is 3.52. The minimum atomic E-state index is -0.265. The van der Waals surface area contributed by atoms with Crippen molar-refractivity contribution in [3.63, 3.8) is 0 Å². The summed E-state index contributed by atoms with van der Waals surface area (Å²) in [5, 5.41) is 15.1. The molecule has 41 heavy (non-hydrogen) atoms. The Morgan fingerprint density at radius 3 is 2.63 bits per heavy atom. The lowest BCUT2D eigenvalue weighted by Gasteiger charge is -2.32. The molecule has 1 aliphatic carbocycles. The van der Waals surface area contributed by atoms with Gasteiger partial charge in [-0.3, -0.25) is 14.6 Å². The van der Waals surface area contributed by atoms with Crippen molar-refractivity contribution < 1.29 is 9.53 Å². The Bertz CT molecular complexity index is 1580. The monoisotopic (exact) mass is 553 g/mol. The van der Waals surface area contributed by atoms with Gasteiger partial charge in [-0.25, -0.2) is 9.78 Å². The third-order valence-electron chi connectivity index (χ3n) is 8.74. The van der Waals surface area contributed by atoms with E-state index in [-0.39, 0.29) is 29.1 Å². The lowest BCUT2D eigenvalue weighted by molar-refractivity contribution is 0.170. The molecule has 6 rings (SSSR count). The van der Waals surface area contributed by atoms with Crippen LogP contribution in [0.3, 0.4) is 0 Å². The van der Waals surface area contributed by atoms with Crippen molar-refractivity contribution in [3.05, 3.63) is 83.4 Å². The summed E-state index contributed by atoms with van der Waals surface area (Å²) in [4.78, 5) is 19.7. The molecule has 0 bridgehead atoms. The number of carbonyl (C=O) groups excluding carboxylic acids is 1. The summed E-state index contributed by atoms with van der Waals surface area (Å²) in [6.07, 6.45) is 7.34. The molecule has 214 valence electrons. The Kier molecular flexibility index (Phi) is 6.93. The SMILES string of the molecule is CN1CCC[C@@]1(C)c1nnc2ccc(O[C@@H]3CC[C@H](NC(=O)Nc4cc(C(C)(C)C)ccn4)c4ccccc43)cn12. The highest BCUT2D eigenvalue weighted by atomic mass is 16.5. The number of urea groups is 1. The van der Waals surface area contributed by atoms with Crippen molar-refractivity contribution >= 4 is 17.5 Å². The number of benzene rings is 1. The second-order valence-electron chi connectivity index (χ2n) is 12.6. The zero-order chi connectivity index (χ0) is 28.8. The zero-order valence-corrected chi connectivity index (χ0v) is 24.5. The second-order valence-corrected chi connectivity index (χ2v) is 12.6. The Morgan fingerprint density at radius 1 is 1.07 bits per heavy atom. The van der Waals surface area contributed by atoms with Gasteiger partial charge in [-0.15, -0.1) is 10.2 Å². The molecule has 2 aliphatic rings. The average molecular weight is 554 g/mol. The molecule has 3 aromatic heterocycles. The Hall–Kier alpha value is -3.98. The van der Waals surface area contributed by atoms with E-state index in [1.54, 1.807) is 6.20 Å². The number of hydrogen-bond donors (Lipinski definition) is 2. The van der Waals surface area contributed by atoms with Crippen LogP contribution < -0.4 is 15.4 Å². The minimum Gasteiger partial charge on any atom is -0.484 e. The van der Waals surface area contributed by atoms with Crippen LogP contribution in [0, 0.1) is 0 Å². The molecule has 2 N–H and O–H groups in total. The first-order valence-corrected chi connectivity index (χ1v) is 14.5. The Balaban J connectivity index is 1.19. The molecule has 1 aromatic carbocycles. The van der Waals surface area contributed by atoms with Gasteiger partial charge in [0.15, 0.2) is 11.5 Å². The van der Waals surface area contributed by atoms with Crippen LogP contribution in [0.25, 0.3) is 5.65 Å². The maximum absolute atomic E-state index is 13.0. The molecule has 3 atom stereocenters. The van der Waals surface area contributed by atoms with Gasteiger partial charge in [0.1, 0.15) is 17.7 Å². The molecule has 1 saturated heterocycles. The van der Waals surface area contributed by atoms with Gasteiger partial charge in [0.25, 0.3) is 0 Å². The smallest absolute Gasteiger partial charge is 0.320 e. The molecule has 1 fully saturated rings. The Labute approximate surface area is 241 Å². The van der Waals surface area contributed by atoms with E-state index in [1.165, 1.54) is 0 Å². The molecule has 0 spiro atoms. The third kappa shape index (κ3) is 5.26. The predicted octanol–water partition coefficient (Wildman–Crippen LogP) is 6.14. The van der Waals surface area contributed by atoms with Crippen molar-refractivity contribution in [2.24, 2.45) is 0 Å². The van der Waals surface area contributed by atoms with E-state index in [9.17, 15) is 4.79 Å². The van der Waals surface area contributed by atoms with Crippen molar-refractivity contribution in [2.75, 3.05) is 18.9 Å². The number of nitrogens with one attached hydrogen (secondary N) is 2. The number of pyridine rings is 2. The number of amides is 2. The molecular weight excluding hydrogens is 514 g/mol. The number of hydrogen-bond acceptors (Lipinski definition) is 6. The van der Waals surface area contributed by atoms with Gasteiger partial charge < -0.3 is 10.1 Å². The summed E-state index contributed by atoms with van der Waals surface area (Å²) >= 11 is 0. The minimum absolute atomic E-state index is 0.0293. The molecular formula is C32H39N7O2. The number of carbonyl (C=O) groups is 1. The highest BCUT2D eigenvalue weighted by Gasteiger charge is 2.39. The van der Waals surface area contributed by atoms with Crippen LogP contribution in [-0.4, -0.2) is 44.1 Å². The highest BCUT2D eigenvalue weighted by molar-refractivity contribution is 5.88. The van der Waals surface area contributed by atoms with Gasteiger partial charge in [-0.05, 0) is 92.6 Å². The summed E-state index contributed by atoms with van der Waals surface area (Å²) in [6.45, 7) is 9.71. The predicted molar refractivity (Wildman–Crippen MR) is 159 cm³/mol. The van der Waals surface area contributed by atoms with E-state index in [2.05, 4.69) is 82.0 Å². The number of fused-ring (bicyclic) bond motifs is 2. The lowest BCUT2D eigenvalue weighted by Crippen LogP contribution is -2.37. The molecule has 9 heteroatoms. The van der Waals surface area contributed by atoms with E-state index >= 15 is 0 Å². The zero-order valence-electron chi connectivity index (χ0n) is 24.5. The van der Waals surface area contributed by atoms with Crippen LogP contribution in [0.2, 0.25) is 0 Å². The van der Waals surface area contributed by atoms with Gasteiger partial charge in [-0.1, -0.05) is 45.0 Å². The topological polar surface area (TPSA) is 96.7 Å². The largest absolute Gasteiger partial charge is 0.484 e. The molecule has 9 nitrogen and oxygen atoms in total. The normalized spacial score (nSPS) is 22.9. The van der Waals surface area contributed by atoms with E-state index < -0.39 is 0 Å². The fourth-order valence-electron chi connectivity index (χ4n) is 6.15. The van der Waals surface area contributed by atoms with Crippen LogP contribution in [0.5, 0.6) is 5.75 Å². The summed E-state index contributed by atoms with van der Waals surface area (Å²) < 4.78 is 8.68. The summed E-state index contributed by atoms with van der Waals surface area (Å²) in [6, 6.07) is 15.7. The van der Waals surface area contributed by atoms with Crippen LogP contribution in [0.4, 0.5) is 10.6 Å². The van der Waals surface area contributed by atoms with Crippen molar-refractivity contribution in [2.45, 2.75) is 76.5 Å². The molecule has 2 amide bonds. The molecule has 0 radical (unpaired) electrons. The molecule has 1 aliphatic heterocycles. The lowest BCUT2D eigenvalue weighted by atomic mass is 9.85. The van der Waals surface area contributed by atoms with Crippen LogP contribution in [0.15, 0.2) is 60.9 Å². The van der Waals surface area contributed by atoms with Crippen LogP contribution >= 0.6 is 0 Å². The van der Waals surface area contributed by atoms with Crippen molar-refractivity contribution in [3.8, 4) is 5.75 Å². The maximum Gasteiger partial charge on any atom is 0.320 e. The van der Waals surface area contributed by atoms with Gasteiger partial charge in [0.05, 0.1) is 17.8 Å². The van der Waals surface area contributed by atoms with Crippen LogP contribution in [0.1, 0.15) is 88.0 Å². The van der Waals surface area contributed by atoms with Crippen molar-refractivity contribution in [1.29, 1.82) is 0 Å². The quantitative estimate of drug-likeness (QED) is 0.308. The first-order chi connectivity index (χ1) is 19.6. The fourth-order valence-corrected chi connectivity index (χ4v) is 6.15. The number of ether oxygens (including phenoxy) is 1. The van der Waals surface area contributed by atoms with Crippen molar-refractivity contribution in [1.82, 2.24) is 29.8 Å². The van der Waals surface area contributed by atoms with Gasteiger partial charge >= 0.3 is 6.03 Å². The number of anilines is 1. The third-order valence-corrected chi connectivity index (χ3v) is 8.74. The van der Waals surface area contributed by atoms with Crippen LogP contribution in [-0.2, 0) is 11.0 Å². The van der Waals surface area contributed by atoms with E-state index in [4.69, 9.17) is 4.74 Å². The summed E-state index contributed by atoms with van der Waals surface area (Å²) in [7, 11) is 2.15. The fraction of sp³-hybridized carbons (Fsp3) is 0.438. The first-order valence-electron chi connectivity index (χ1n) is 14.5. The molecule has 0 unspecified atom stereocenters. The number of nitrogens with zero attached hydrogens (tertiary/aromatic N) is 5. The summed E-state index contributed by atoms with van der Waals surface area (Å²) in [5.74, 6) is 2.26. The molecule has 4 aromatic rings. The standard InChI is InChI=1S/C32H39N7O2/c1-31(2,3)21-15-17-33-27(19-21)35-30(40)34-25-12-13-26(24-10-7-6-9-23(24)25)41-22-11-14-28-36-37-29(39(28)20-22)32(4)16-8-18-38(32)5/h6-7,9-11,14-15,17,19-20,25-26H,8,12-13,16,18H2,1-5H3,(H2,33,34,35,40)/t25-,26+,32-/m0/s1. The Morgan fingerprint density at radius 2 is 1.88 bits per heavy atom. The second kappa shape index (κ2) is 10.4. The van der Waals surface area contributed by atoms with Gasteiger partial charge in [0, 0.05) is 6.20 Å². The van der Waals surface area contributed by atoms with E-state index in [1.807, 2.05) is 42.6 Å². The van der Waals surface area contributed by atoms with E-state index in [0.717, 1.165) is 66.1 Å². The van der Waals surface area contributed by atoms with Gasteiger partial charge in [-0.2, -0.15) is 0 Å². The number of rotatable bonds is 5. The maximum atomic E-state index is 13.0. The highest BCUT2D eigenvalue weighted by Crippen LogP contribution is 2.40. The van der Waals surface area contributed by atoms with E-state index in [0.29, 0.717) is 5.82 Å². The van der Waals surface area contributed by atoms with Gasteiger partial charge in [0.2, 0.25) is 0 Å².